The highest BCUT2D eigenvalue weighted by molar-refractivity contribution is 5.89. The highest BCUT2D eigenvalue weighted by Crippen LogP contribution is 2.21. The summed E-state index contributed by atoms with van der Waals surface area (Å²) < 4.78 is 0. The zero-order chi connectivity index (χ0) is 17.2. The van der Waals surface area contributed by atoms with Crippen LogP contribution in [0.1, 0.15) is 26.3 Å². The van der Waals surface area contributed by atoms with E-state index in [1.165, 1.54) is 0 Å². The Morgan fingerprint density at radius 2 is 1.96 bits per heavy atom. The summed E-state index contributed by atoms with van der Waals surface area (Å²) in [6.07, 6.45) is 2.17. The quantitative estimate of drug-likeness (QED) is 0.672. The van der Waals surface area contributed by atoms with Crippen molar-refractivity contribution in [1.29, 1.82) is 0 Å². The van der Waals surface area contributed by atoms with E-state index in [1.807, 2.05) is 30.5 Å². The van der Waals surface area contributed by atoms with E-state index >= 15 is 0 Å². The number of benzene rings is 1. The fraction of sp³-hybridized carbons (Fsp3) is 0.412. The number of carboxylic acid groups (broad SMARTS) is 1. The first kappa shape index (κ1) is 17.0. The first-order chi connectivity index (χ1) is 10.7. The first-order valence-electron chi connectivity index (χ1n) is 7.54. The number of hydrogen-bond donors (Lipinski definition) is 4. The van der Waals surface area contributed by atoms with Crippen LogP contribution in [0.3, 0.4) is 0 Å². The van der Waals surface area contributed by atoms with Crippen LogP contribution in [0.5, 0.6) is 0 Å². The summed E-state index contributed by atoms with van der Waals surface area (Å²) in [6.45, 7) is 5.28. The van der Waals surface area contributed by atoms with E-state index in [9.17, 15) is 14.7 Å². The van der Waals surface area contributed by atoms with Crippen LogP contribution in [-0.2, 0) is 16.0 Å². The van der Waals surface area contributed by atoms with E-state index in [-0.39, 0.29) is 0 Å². The number of carbonyl (C=O) groups is 2. The average Bonchev–Trinajstić information content (AvgIpc) is 2.86. The number of rotatable bonds is 5. The van der Waals surface area contributed by atoms with Gasteiger partial charge in [0, 0.05) is 17.1 Å². The highest BCUT2D eigenvalue weighted by atomic mass is 16.4. The smallest absolute Gasteiger partial charge is 0.326 e. The zero-order valence-corrected chi connectivity index (χ0v) is 13.6. The minimum atomic E-state index is -1.06. The fourth-order valence-electron chi connectivity index (χ4n) is 2.53. The molecular weight excluding hydrogens is 294 g/mol. The summed E-state index contributed by atoms with van der Waals surface area (Å²) in [7, 11) is 0. The lowest BCUT2D eigenvalue weighted by molar-refractivity contribution is -0.145. The number of nitrogens with one attached hydrogen (secondary N) is 2. The summed E-state index contributed by atoms with van der Waals surface area (Å²) in [4.78, 5) is 26.7. The molecule has 0 fully saturated rings. The Hall–Kier alpha value is -2.34. The molecule has 2 aromatic rings. The Labute approximate surface area is 135 Å². The van der Waals surface area contributed by atoms with Crippen LogP contribution in [0, 0.1) is 5.41 Å². The molecule has 0 saturated heterocycles. The van der Waals surface area contributed by atoms with Crippen molar-refractivity contribution in [3.05, 3.63) is 36.0 Å². The molecule has 0 aliphatic rings. The summed E-state index contributed by atoms with van der Waals surface area (Å²) in [5.74, 6) is -1.53. The van der Waals surface area contributed by atoms with Crippen LogP contribution < -0.4 is 11.1 Å². The van der Waals surface area contributed by atoms with Gasteiger partial charge in [-0.2, -0.15) is 0 Å². The minimum absolute atomic E-state index is 0.340. The predicted octanol–water partition coefficient (Wildman–Crippen LogP) is 1.65. The summed E-state index contributed by atoms with van der Waals surface area (Å²) in [5.41, 5.74) is 7.29. The molecule has 0 aliphatic carbocycles. The molecule has 124 valence electrons. The third-order valence-electron chi connectivity index (χ3n) is 3.85. The lowest BCUT2D eigenvalue weighted by atomic mass is 9.86. The maximum atomic E-state index is 12.3. The van der Waals surface area contributed by atoms with Crippen LogP contribution in [0.2, 0.25) is 0 Å². The molecule has 1 aromatic carbocycles. The van der Waals surface area contributed by atoms with Gasteiger partial charge in [0.05, 0.1) is 6.04 Å². The monoisotopic (exact) mass is 317 g/mol. The Kier molecular flexibility index (Phi) is 4.75. The SMILES string of the molecule is CC(C)(C)[C@H](NC(=O)[C@@H](N)Cc1c[nH]c2ccccc12)C(=O)O. The van der Waals surface area contributed by atoms with Gasteiger partial charge in [0.1, 0.15) is 6.04 Å². The number of carbonyl (C=O) groups excluding carboxylic acids is 1. The maximum Gasteiger partial charge on any atom is 0.326 e. The molecule has 1 amide bonds. The third kappa shape index (κ3) is 3.90. The second kappa shape index (κ2) is 6.42. The van der Waals surface area contributed by atoms with E-state index in [2.05, 4.69) is 10.3 Å². The molecule has 2 rings (SSSR count). The maximum absolute atomic E-state index is 12.3. The van der Waals surface area contributed by atoms with Crippen LogP contribution in [0.15, 0.2) is 30.5 Å². The number of carboxylic acids is 1. The molecule has 0 spiro atoms. The number of nitrogens with two attached hydrogens (primary N) is 1. The van der Waals surface area contributed by atoms with Gasteiger partial charge in [0.2, 0.25) is 5.91 Å². The van der Waals surface area contributed by atoms with Gasteiger partial charge < -0.3 is 21.1 Å². The number of hydrogen-bond acceptors (Lipinski definition) is 3. The molecule has 23 heavy (non-hydrogen) atoms. The van der Waals surface area contributed by atoms with E-state index in [0.717, 1.165) is 16.5 Å². The number of aromatic amines is 1. The number of para-hydroxylation sites is 1. The summed E-state index contributed by atoms with van der Waals surface area (Å²) >= 11 is 0. The standard InChI is InChI=1S/C17H23N3O3/c1-17(2,3)14(16(22)23)20-15(21)12(18)8-10-9-19-13-7-5-4-6-11(10)13/h4-7,9,12,14,19H,8,18H2,1-3H3,(H,20,21)(H,22,23)/t12-,14+/m0/s1. The lowest BCUT2D eigenvalue weighted by Gasteiger charge is -2.28. The molecule has 5 N–H and O–H groups in total. The summed E-state index contributed by atoms with van der Waals surface area (Å²) in [5, 5.41) is 12.8. The van der Waals surface area contributed by atoms with Crippen molar-refractivity contribution in [2.45, 2.75) is 39.3 Å². The second-order valence-corrected chi connectivity index (χ2v) is 6.82. The molecule has 6 nitrogen and oxygen atoms in total. The Bertz CT molecular complexity index is 715. The topological polar surface area (TPSA) is 108 Å². The molecule has 2 atom stereocenters. The normalized spacial score (nSPS) is 14.4. The van der Waals surface area contributed by atoms with Gasteiger partial charge in [-0.25, -0.2) is 4.79 Å². The van der Waals surface area contributed by atoms with Gasteiger partial charge in [-0.15, -0.1) is 0 Å². The van der Waals surface area contributed by atoms with Crippen molar-refractivity contribution in [2.24, 2.45) is 11.1 Å². The zero-order valence-electron chi connectivity index (χ0n) is 13.6. The van der Waals surface area contributed by atoms with E-state index in [1.54, 1.807) is 20.8 Å². The van der Waals surface area contributed by atoms with Gasteiger partial charge in [-0.3, -0.25) is 4.79 Å². The lowest BCUT2D eigenvalue weighted by Crippen LogP contribution is -2.54. The number of amides is 1. The van der Waals surface area contributed by atoms with Crippen molar-refractivity contribution < 1.29 is 14.7 Å². The molecule has 6 heteroatoms. The predicted molar refractivity (Wildman–Crippen MR) is 89.0 cm³/mol. The number of aromatic nitrogens is 1. The molecule has 0 aliphatic heterocycles. The molecule has 1 heterocycles. The van der Waals surface area contributed by atoms with Gasteiger partial charge in [-0.05, 0) is 23.5 Å². The number of H-pyrrole nitrogens is 1. The number of aliphatic carboxylic acids is 1. The second-order valence-electron chi connectivity index (χ2n) is 6.82. The van der Waals surface area contributed by atoms with E-state index < -0.39 is 29.4 Å². The van der Waals surface area contributed by atoms with Gasteiger partial charge >= 0.3 is 5.97 Å². The van der Waals surface area contributed by atoms with Crippen molar-refractivity contribution >= 4 is 22.8 Å². The van der Waals surface area contributed by atoms with E-state index in [0.29, 0.717) is 6.42 Å². The van der Waals surface area contributed by atoms with Crippen LogP contribution in [0.25, 0.3) is 10.9 Å². The molecular formula is C17H23N3O3. The van der Waals surface area contributed by atoms with Gasteiger partial charge in [0.15, 0.2) is 0 Å². The largest absolute Gasteiger partial charge is 0.480 e. The summed E-state index contributed by atoms with van der Waals surface area (Å²) in [6, 6.07) is 5.97. The highest BCUT2D eigenvalue weighted by Gasteiger charge is 2.33. The molecule has 0 radical (unpaired) electrons. The Morgan fingerprint density at radius 1 is 1.30 bits per heavy atom. The molecule has 0 saturated carbocycles. The molecule has 0 bridgehead atoms. The molecule has 0 unspecified atom stereocenters. The van der Waals surface area contributed by atoms with Gasteiger partial charge in [-0.1, -0.05) is 39.0 Å². The van der Waals surface area contributed by atoms with Crippen LogP contribution in [0.4, 0.5) is 0 Å². The first-order valence-corrected chi connectivity index (χ1v) is 7.54. The minimum Gasteiger partial charge on any atom is -0.480 e. The van der Waals surface area contributed by atoms with Crippen molar-refractivity contribution in [1.82, 2.24) is 10.3 Å². The Balaban J connectivity index is 2.09. The molecule has 1 aromatic heterocycles. The van der Waals surface area contributed by atoms with Gasteiger partial charge in [0.25, 0.3) is 0 Å². The third-order valence-corrected chi connectivity index (χ3v) is 3.85. The Morgan fingerprint density at radius 3 is 2.57 bits per heavy atom. The van der Waals surface area contributed by atoms with Crippen LogP contribution >= 0.6 is 0 Å². The van der Waals surface area contributed by atoms with Crippen molar-refractivity contribution in [2.75, 3.05) is 0 Å². The number of fused-ring (bicyclic) bond motifs is 1. The van der Waals surface area contributed by atoms with Crippen molar-refractivity contribution in [3.63, 3.8) is 0 Å². The average molecular weight is 317 g/mol. The van der Waals surface area contributed by atoms with Crippen LogP contribution in [-0.4, -0.2) is 34.1 Å². The van der Waals surface area contributed by atoms with E-state index in [4.69, 9.17) is 5.73 Å². The fourth-order valence-corrected chi connectivity index (χ4v) is 2.53. The van der Waals surface area contributed by atoms with Crippen molar-refractivity contribution in [3.8, 4) is 0 Å².